The molecule has 2 saturated heterocycles. The molecule has 0 N–H and O–H groups in total. The van der Waals surface area contributed by atoms with E-state index in [1.54, 1.807) is 4.31 Å². The highest BCUT2D eigenvalue weighted by atomic mass is 32.2. The van der Waals surface area contributed by atoms with Crippen molar-refractivity contribution in [3.8, 4) is 0 Å². The third-order valence-electron chi connectivity index (χ3n) is 5.92. The molecule has 4 nitrogen and oxygen atoms in total. The molecule has 2 fully saturated rings. The maximum absolute atomic E-state index is 13.2. The summed E-state index contributed by atoms with van der Waals surface area (Å²) in [5.74, 6) is 0. The van der Waals surface area contributed by atoms with E-state index in [2.05, 4.69) is 4.90 Å². The van der Waals surface area contributed by atoms with Gasteiger partial charge in [0.2, 0.25) is 10.0 Å². The summed E-state index contributed by atoms with van der Waals surface area (Å²) in [6.07, 6.45) is 9.02. The summed E-state index contributed by atoms with van der Waals surface area (Å²) < 4.78 is 28.2. The molecule has 2 heterocycles. The van der Waals surface area contributed by atoms with Crippen LogP contribution in [0.2, 0.25) is 0 Å². The minimum Gasteiger partial charge on any atom is -0.302 e. The zero-order valence-corrected chi connectivity index (χ0v) is 15.2. The lowest BCUT2D eigenvalue weighted by Gasteiger charge is -2.28. The van der Waals surface area contributed by atoms with E-state index in [1.165, 1.54) is 36.8 Å². The van der Waals surface area contributed by atoms with Crippen LogP contribution >= 0.6 is 0 Å². The smallest absolute Gasteiger partial charge is 0.243 e. The van der Waals surface area contributed by atoms with E-state index in [4.69, 9.17) is 0 Å². The maximum Gasteiger partial charge on any atom is 0.243 e. The molecule has 5 heteroatoms. The Labute approximate surface area is 145 Å². The average molecular weight is 349 g/mol. The molecular formula is C19H28N2O2S. The van der Waals surface area contributed by atoms with Crippen molar-refractivity contribution in [3.63, 3.8) is 0 Å². The van der Waals surface area contributed by atoms with Crippen LogP contribution in [0.1, 0.15) is 49.7 Å². The molecule has 1 aliphatic carbocycles. The van der Waals surface area contributed by atoms with Crippen LogP contribution in [0.4, 0.5) is 0 Å². The molecule has 1 aromatic rings. The fourth-order valence-corrected chi connectivity index (χ4v) is 6.31. The summed E-state index contributed by atoms with van der Waals surface area (Å²) in [6.45, 7) is 3.84. The summed E-state index contributed by atoms with van der Waals surface area (Å²) in [7, 11) is -3.36. The molecule has 0 spiro atoms. The number of likely N-dealkylation sites (tertiary alicyclic amines) is 1. The normalized spacial score (nSPS) is 25.9. The quantitative estimate of drug-likeness (QED) is 0.840. The van der Waals surface area contributed by atoms with E-state index in [9.17, 15) is 8.42 Å². The van der Waals surface area contributed by atoms with Crippen molar-refractivity contribution in [1.29, 1.82) is 0 Å². The Morgan fingerprint density at radius 1 is 0.917 bits per heavy atom. The second-order valence-electron chi connectivity index (χ2n) is 7.56. The summed E-state index contributed by atoms with van der Waals surface area (Å²) in [4.78, 5) is 2.95. The summed E-state index contributed by atoms with van der Waals surface area (Å²) in [6, 6.07) is 6.00. The first-order chi connectivity index (χ1) is 11.6. The molecule has 1 aromatic carbocycles. The van der Waals surface area contributed by atoms with E-state index in [1.807, 2.05) is 18.2 Å². The molecule has 4 rings (SSSR count). The van der Waals surface area contributed by atoms with Gasteiger partial charge in [0.25, 0.3) is 0 Å². The van der Waals surface area contributed by atoms with Crippen molar-refractivity contribution in [2.75, 3.05) is 26.2 Å². The lowest BCUT2D eigenvalue weighted by atomic mass is 9.92. The van der Waals surface area contributed by atoms with E-state index < -0.39 is 10.0 Å². The molecule has 0 unspecified atom stereocenters. The second kappa shape index (κ2) is 6.77. The number of nitrogens with zero attached hydrogens (tertiary/aromatic N) is 2. The Balaban J connectivity index is 1.56. The van der Waals surface area contributed by atoms with Crippen LogP contribution in [-0.2, 0) is 22.9 Å². The minimum atomic E-state index is -3.36. The lowest BCUT2D eigenvalue weighted by molar-refractivity contribution is 0.257. The van der Waals surface area contributed by atoms with E-state index in [0.717, 1.165) is 45.3 Å². The monoisotopic (exact) mass is 348 g/mol. The standard InChI is InChI=1S/C19H28N2O2S/c22-24(23,19-10-9-16-6-1-2-7-17(16)14-19)21-13-5-8-18(21)15-20-11-3-4-12-20/h9-10,14,18H,1-8,11-13,15H2/t18-/m0/s1. The van der Waals surface area contributed by atoms with Gasteiger partial charge in [-0.15, -0.1) is 0 Å². The summed E-state index contributed by atoms with van der Waals surface area (Å²) in [5, 5.41) is 0. The SMILES string of the molecule is O=S(=O)(c1ccc2c(c1)CCCC2)N1CCC[C@H]1CN1CCCC1. The lowest BCUT2D eigenvalue weighted by Crippen LogP contribution is -2.42. The number of hydrogen-bond acceptors (Lipinski definition) is 3. The predicted molar refractivity (Wildman–Crippen MR) is 95.7 cm³/mol. The molecule has 1 atom stereocenters. The molecule has 0 aromatic heterocycles. The largest absolute Gasteiger partial charge is 0.302 e. The molecule has 0 amide bonds. The fraction of sp³-hybridized carbons (Fsp3) is 0.684. The fourth-order valence-electron chi connectivity index (χ4n) is 4.58. The molecule has 24 heavy (non-hydrogen) atoms. The van der Waals surface area contributed by atoms with Crippen LogP contribution in [0.25, 0.3) is 0 Å². The van der Waals surface area contributed by atoms with Gasteiger partial charge >= 0.3 is 0 Å². The van der Waals surface area contributed by atoms with Crippen molar-refractivity contribution in [2.24, 2.45) is 0 Å². The van der Waals surface area contributed by atoms with Gasteiger partial charge in [-0.05, 0) is 87.7 Å². The first-order valence-electron chi connectivity index (χ1n) is 9.50. The van der Waals surface area contributed by atoms with Gasteiger partial charge in [-0.1, -0.05) is 6.07 Å². The summed E-state index contributed by atoms with van der Waals surface area (Å²) >= 11 is 0. The van der Waals surface area contributed by atoms with Crippen LogP contribution in [0.5, 0.6) is 0 Å². The Bertz CT molecular complexity index is 695. The third kappa shape index (κ3) is 3.14. The number of aryl methyl sites for hydroxylation is 2. The Kier molecular flexibility index (Phi) is 4.67. The van der Waals surface area contributed by atoms with Gasteiger partial charge in [0.15, 0.2) is 0 Å². The number of hydrogen-bond donors (Lipinski definition) is 0. The zero-order valence-electron chi connectivity index (χ0n) is 14.4. The first kappa shape index (κ1) is 16.6. The number of rotatable bonds is 4. The second-order valence-corrected chi connectivity index (χ2v) is 9.45. The minimum absolute atomic E-state index is 0.157. The number of benzene rings is 1. The van der Waals surface area contributed by atoms with Crippen molar-refractivity contribution in [1.82, 2.24) is 9.21 Å². The molecule has 2 aliphatic heterocycles. The van der Waals surface area contributed by atoms with Crippen molar-refractivity contribution >= 4 is 10.0 Å². The van der Waals surface area contributed by atoms with Crippen molar-refractivity contribution in [3.05, 3.63) is 29.3 Å². The predicted octanol–water partition coefficient (Wildman–Crippen LogP) is 2.81. The van der Waals surface area contributed by atoms with E-state index in [0.29, 0.717) is 11.4 Å². The Hall–Kier alpha value is -0.910. The van der Waals surface area contributed by atoms with Gasteiger partial charge in [0.1, 0.15) is 0 Å². The van der Waals surface area contributed by atoms with Gasteiger partial charge in [-0.2, -0.15) is 4.31 Å². The molecule has 0 saturated carbocycles. The average Bonchev–Trinajstić information content (AvgIpc) is 3.27. The van der Waals surface area contributed by atoms with E-state index in [-0.39, 0.29) is 6.04 Å². The number of sulfonamides is 1. The molecule has 132 valence electrons. The maximum atomic E-state index is 13.2. The van der Waals surface area contributed by atoms with Gasteiger partial charge in [-0.25, -0.2) is 8.42 Å². The van der Waals surface area contributed by atoms with Crippen molar-refractivity contribution in [2.45, 2.75) is 62.3 Å². The molecule has 3 aliphatic rings. The highest BCUT2D eigenvalue weighted by Gasteiger charge is 2.36. The van der Waals surface area contributed by atoms with Gasteiger partial charge < -0.3 is 4.90 Å². The van der Waals surface area contributed by atoms with Crippen LogP contribution < -0.4 is 0 Å². The summed E-state index contributed by atoms with van der Waals surface area (Å²) in [5.41, 5.74) is 2.59. The first-order valence-corrected chi connectivity index (χ1v) is 10.9. The topological polar surface area (TPSA) is 40.6 Å². The molecule has 0 bridgehead atoms. The third-order valence-corrected chi connectivity index (χ3v) is 7.87. The Morgan fingerprint density at radius 3 is 2.46 bits per heavy atom. The van der Waals surface area contributed by atoms with Crippen LogP contribution in [0.3, 0.4) is 0 Å². The highest BCUT2D eigenvalue weighted by molar-refractivity contribution is 7.89. The van der Waals surface area contributed by atoms with Crippen LogP contribution in [-0.4, -0.2) is 49.8 Å². The Morgan fingerprint density at radius 2 is 1.67 bits per heavy atom. The van der Waals surface area contributed by atoms with Gasteiger partial charge in [0, 0.05) is 19.1 Å². The van der Waals surface area contributed by atoms with Crippen LogP contribution in [0, 0.1) is 0 Å². The van der Waals surface area contributed by atoms with Crippen LogP contribution in [0.15, 0.2) is 23.1 Å². The number of fused-ring (bicyclic) bond motifs is 1. The van der Waals surface area contributed by atoms with Gasteiger partial charge in [-0.3, -0.25) is 0 Å². The molecule has 0 radical (unpaired) electrons. The zero-order chi connectivity index (χ0) is 16.6. The van der Waals surface area contributed by atoms with Gasteiger partial charge in [0.05, 0.1) is 4.90 Å². The van der Waals surface area contributed by atoms with E-state index >= 15 is 0 Å². The molecular weight excluding hydrogens is 320 g/mol. The van der Waals surface area contributed by atoms with Crippen molar-refractivity contribution < 1.29 is 8.42 Å². The highest BCUT2D eigenvalue weighted by Crippen LogP contribution is 2.30.